The number of H-pyrrole nitrogens is 1. The van der Waals surface area contributed by atoms with Crippen molar-refractivity contribution < 1.29 is 9.59 Å². The molecular formula is C20H26BrN5O2. The van der Waals surface area contributed by atoms with Gasteiger partial charge in [0.25, 0.3) is 5.91 Å². The van der Waals surface area contributed by atoms with Crippen molar-refractivity contribution in [1.29, 1.82) is 0 Å². The highest BCUT2D eigenvalue weighted by atomic mass is 79.9. The topological polar surface area (TPSA) is 81.3 Å². The summed E-state index contributed by atoms with van der Waals surface area (Å²) in [4.78, 5) is 28.6. The Bertz CT molecular complexity index is 797. The van der Waals surface area contributed by atoms with Gasteiger partial charge >= 0.3 is 0 Å². The first-order valence-corrected chi connectivity index (χ1v) is 10.5. The van der Waals surface area contributed by atoms with E-state index in [-0.39, 0.29) is 11.8 Å². The molecule has 2 amide bonds. The number of nitrogens with one attached hydrogen (secondary N) is 2. The van der Waals surface area contributed by atoms with Crippen LogP contribution in [0.15, 0.2) is 34.8 Å². The molecule has 0 atom stereocenters. The SMILES string of the molecule is CCCCNC(=O)CN1CCN(C(=O)c2cc(-c3ccc(Br)cc3)n[nH]2)CC1. The molecule has 150 valence electrons. The van der Waals surface area contributed by atoms with E-state index in [0.717, 1.165) is 35.1 Å². The predicted molar refractivity (Wildman–Crippen MR) is 112 cm³/mol. The second-order valence-electron chi connectivity index (χ2n) is 6.95. The lowest BCUT2D eigenvalue weighted by molar-refractivity contribution is -0.122. The van der Waals surface area contributed by atoms with Gasteiger partial charge in [-0.3, -0.25) is 19.6 Å². The normalized spacial score (nSPS) is 14.9. The zero-order valence-corrected chi connectivity index (χ0v) is 17.7. The lowest BCUT2D eigenvalue weighted by Crippen LogP contribution is -2.51. The van der Waals surface area contributed by atoms with Crippen LogP contribution < -0.4 is 5.32 Å². The van der Waals surface area contributed by atoms with Crippen molar-refractivity contribution in [2.24, 2.45) is 0 Å². The Morgan fingerprint density at radius 1 is 1.18 bits per heavy atom. The fourth-order valence-electron chi connectivity index (χ4n) is 3.14. The fourth-order valence-corrected chi connectivity index (χ4v) is 3.41. The maximum absolute atomic E-state index is 12.8. The second kappa shape index (κ2) is 9.84. The van der Waals surface area contributed by atoms with Crippen molar-refractivity contribution in [3.8, 4) is 11.3 Å². The average Bonchev–Trinajstić information content (AvgIpc) is 3.19. The summed E-state index contributed by atoms with van der Waals surface area (Å²) < 4.78 is 1.00. The molecule has 0 bridgehead atoms. The Labute approximate surface area is 173 Å². The highest BCUT2D eigenvalue weighted by molar-refractivity contribution is 9.10. The zero-order chi connectivity index (χ0) is 19.9. The minimum Gasteiger partial charge on any atom is -0.355 e. The molecule has 1 saturated heterocycles. The highest BCUT2D eigenvalue weighted by Gasteiger charge is 2.24. The van der Waals surface area contributed by atoms with Crippen molar-refractivity contribution >= 4 is 27.7 Å². The molecule has 3 rings (SSSR count). The van der Waals surface area contributed by atoms with Gasteiger partial charge in [-0.05, 0) is 24.6 Å². The van der Waals surface area contributed by atoms with E-state index >= 15 is 0 Å². The number of benzene rings is 1. The number of amides is 2. The smallest absolute Gasteiger partial charge is 0.271 e. The number of hydrogen-bond donors (Lipinski definition) is 2. The lowest BCUT2D eigenvalue weighted by atomic mass is 10.1. The molecule has 7 nitrogen and oxygen atoms in total. The first-order valence-electron chi connectivity index (χ1n) is 9.66. The number of hydrogen-bond acceptors (Lipinski definition) is 4. The van der Waals surface area contributed by atoms with E-state index in [1.807, 2.05) is 29.2 Å². The molecule has 2 heterocycles. The monoisotopic (exact) mass is 447 g/mol. The molecule has 1 aromatic carbocycles. The van der Waals surface area contributed by atoms with Crippen LogP contribution in [-0.4, -0.2) is 71.1 Å². The number of piperazine rings is 1. The van der Waals surface area contributed by atoms with Gasteiger partial charge < -0.3 is 10.2 Å². The molecule has 0 saturated carbocycles. The molecule has 28 heavy (non-hydrogen) atoms. The van der Waals surface area contributed by atoms with Crippen molar-refractivity contribution in [2.45, 2.75) is 19.8 Å². The molecule has 2 N–H and O–H groups in total. The van der Waals surface area contributed by atoms with Crippen molar-refractivity contribution in [2.75, 3.05) is 39.3 Å². The maximum atomic E-state index is 12.8. The summed E-state index contributed by atoms with van der Waals surface area (Å²) in [7, 11) is 0. The molecule has 0 unspecified atom stereocenters. The summed E-state index contributed by atoms with van der Waals surface area (Å²) >= 11 is 3.42. The number of unbranched alkanes of at least 4 members (excludes halogenated alkanes) is 1. The lowest BCUT2D eigenvalue weighted by Gasteiger charge is -2.34. The molecule has 1 aliphatic rings. The van der Waals surface area contributed by atoms with Crippen molar-refractivity contribution in [1.82, 2.24) is 25.3 Å². The van der Waals surface area contributed by atoms with Crippen LogP contribution in [0.1, 0.15) is 30.3 Å². The van der Waals surface area contributed by atoms with Gasteiger partial charge in [0, 0.05) is 42.8 Å². The minimum atomic E-state index is -0.0529. The number of rotatable bonds is 7. The largest absolute Gasteiger partial charge is 0.355 e. The number of carbonyl (C=O) groups is 2. The predicted octanol–water partition coefficient (Wildman–Crippen LogP) is 2.51. The summed E-state index contributed by atoms with van der Waals surface area (Å²) in [6.07, 6.45) is 2.07. The number of nitrogens with zero attached hydrogens (tertiary/aromatic N) is 3. The third-order valence-electron chi connectivity index (χ3n) is 4.83. The minimum absolute atomic E-state index is 0.0529. The fraction of sp³-hybridized carbons (Fsp3) is 0.450. The van der Waals surface area contributed by atoms with Gasteiger partial charge in [0.2, 0.25) is 5.91 Å². The van der Waals surface area contributed by atoms with Crippen molar-refractivity contribution in [3.05, 3.63) is 40.5 Å². The molecule has 1 aromatic heterocycles. The Morgan fingerprint density at radius 2 is 1.89 bits per heavy atom. The van der Waals surface area contributed by atoms with Crippen LogP contribution in [0.5, 0.6) is 0 Å². The van der Waals surface area contributed by atoms with E-state index in [0.29, 0.717) is 38.4 Å². The second-order valence-corrected chi connectivity index (χ2v) is 7.86. The van der Waals surface area contributed by atoms with E-state index in [4.69, 9.17) is 0 Å². The Hall–Kier alpha value is -2.19. The van der Waals surface area contributed by atoms with Crippen LogP contribution in [0, 0.1) is 0 Å². The third-order valence-corrected chi connectivity index (χ3v) is 5.36. The summed E-state index contributed by atoms with van der Waals surface area (Å²) in [5, 5.41) is 10.1. The summed E-state index contributed by atoms with van der Waals surface area (Å²) in [6.45, 7) is 5.82. The van der Waals surface area contributed by atoms with E-state index < -0.39 is 0 Å². The maximum Gasteiger partial charge on any atom is 0.271 e. The van der Waals surface area contributed by atoms with Gasteiger partial charge in [0.15, 0.2) is 0 Å². The zero-order valence-electron chi connectivity index (χ0n) is 16.1. The van der Waals surface area contributed by atoms with E-state index in [9.17, 15) is 9.59 Å². The molecule has 1 fully saturated rings. The Kier molecular flexibility index (Phi) is 7.22. The summed E-state index contributed by atoms with van der Waals surface area (Å²) in [6, 6.07) is 9.60. The van der Waals surface area contributed by atoms with E-state index in [1.165, 1.54) is 0 Å². The van der Waals surface area contributed by atoms with Gasteiger partial charge in [-0.25, -0.2) is 0 Å². The van der Waals surface area contributed by atoms with Crippen LogP contribution in [0.25, 0.3) is 11.3 Å². The summed E-state index contributed by atoms with van der Waals surface area (Å²) in [5.41, 5.74) is 2.19. The van der Waals surface area contributed by atoms with E-state index in [1.54, 1.807) is 6.07 Å². The summed E-state index contributed by atoms with van der Waals surface area (Å²) in [5.74, 6) is 0.00356. The molecule has 0 radical (unpaired) electrons. The number of aromatic nitrogens is 2. The molecule has 0 aliphatic carbocycles. The van der Waals surface area contributed by atoms with Gasteiger partial charge in [0.1, 0.15) is 5.69 Å². The molecule has 8 heteroatoms. The molecule has 2 aromatic rings. The van der Waals surface area contributed by atoms with Gasteiger partial charge in [-0.1, -0.05) is 41.4 Å². The molecule has 1 aliphatic heterocycles. The number of aromatic amines is 1. The highest BCUT2D eigenvalue weighted by Crippen LogP contribution is 2.21. The van der Waals surface area contributed by atoms with E-state index in [2.05, 4.69) is 43.3 Å². The van der Waals surface area contributed by atoms with Crippen LogP contribution in [0.2, 0.25) is 0 Å². The number of halogens is 1. The van der Waals surface area contributed by atoms with Crippen LogP contribution in [-0.2, 0) is 4.79 Å². The standard InChI is InChI=1S/C20H26BrN5O2/c1-2-3-8-22-19(27)14-25-9-11-26(12-10-25)20(28)18-13-17(23-24-18)15-4-6-16(21)7-5-15/h4-7,13H,2-3,8-12,14H2,1H3,(H,22,27)(H,23,24). The first kappa shape index (κ1) is 20.5. The van der Waals surface area contributed by atoms with Crippen LogP contribution >= 0.6 is 15.9 Å². The number of carbonyl (C=O) groups excluding carboxylic acids is 2. The average molecular weight is 448 g/mol. The van der Waals surface area contributed by atoms with Gasteiger partial charge in [0.05, 0.1) is 12.2 Å². The Balaban J connectivity index is 1.50. The quantitative estimate of drug-likeness (QED) is 0.638. The van der Waals surface area contributed by atoms with Crippen LogP contribution in [0.4, 0.5) is 0 Å². The van der Waals surface area contributed by atoms with Crippen LogP contribution in [0.3, 0.4) is 0 Å². The Morgan fingerprint density at radius 3 is 2.57 bits per heavy atom. The molecular weight excluding hydrogens is 422 g/mol. The molecule has 0 spiro atoms. The van der Waals surface area contributed by atoms with Gasteiger partial charge in [-0.2, -0.15) is 5.10 Å². The van der Waals surface area contributed by atoms with Gasteiger partial charge in [-0.15, -0.1) is 0 Å². The third kappa shape index (κ3) is 5.42. The van der Waals surface area contributed by atoms with Crippen molar-refractivity contribution in [3.63, 3.8) is 0 Å². The first-order chi connectivity index (χ1) is 13.6.